The average Bonchev–Trinajstić information content (AvgIpc) is 2.01. The summed E-state index contributed by atoms with van der Waals surface area (Å²) < 4.78 is 0. The van der Waals surface area contributed by atoms with Crippen molar-refractivity contribution in [2.24, 2.45) is 0 Å². The Kier molecular flexibility index (Phi) is 2.85. The van der Waals surface area contributed by atoms with Gasteiger partial charge in [-0.15, -0.1) is 0 Å². The molecule has 1 aliphatic carbocycles. The summed E-state index contributed by atoms with van der Waals surface area (Å²) >= 11 is 0. The molecule has 0 bridgehead atoms. The highest BCUT2D eigenvalue weighted by Crippen LogP contribution is 2.18. The maximum Gasteiger partial charge on any atom is 0.155 e. The zero-order chi connectivity index (χ0) is 8.10. The van der Waals surface area contributed by atoms with Crippen LogP contribution in [0.1, 0.15) is 32.1 Å². The second-order valence-corrected chi connectivity index (χ2v) is 2.78. The van der Waals surface area contributed by atoms with Gasteiger partial charge in [0.2, 0.25) is 0 Å². The van der Waals surface area contributed by atoms with Crippen molar-refractivity contribution >= 4 is 5.78 Å². The van der Waals surface area contributed by atoms with E-state index < -0.39 is 0 Å². The number of ketones is 1. The van der Waals surface area contributed by atoms with Crippen molar-refractivity contribution in [3.63, 3.8) is 0 Å². The number of hydrogen-bond donors (Lipinski definition) is 0. The van der Waals surface area contributed by atoms with Gasteiger partial charge in [0.05, 0.1) is 6.07 Å². The Hall–Kier alpha value is -1.10. The minimum atomic E-state index is 0.226. The van der Waals surface area contributed by atoms with Crippen LogP contribution in [-0.2, 0) is 4.79 Å². The van der Waals surface area contributed by atoms with Gasteiger partial charge in [-0.3, -0.25) is 4.79 Å². The van der Waals surface area contributed by atoms with Gasteiger partial charge < -0.3 is 0 Å². The predicted octanol–water partition coefficient (Wildman–Crippen LogP) is 1.97. The quantitative estimate of drug-likeness (QED) is 0.602. The second kappa shape index (κ2) is 3.92. The highest BCUT2D eigenvalue weighted by molar-refractivity contribution is 5.91. The number of nitrogens with zero attached hydrogens (tertiary/aromatic N) is 1. The Morgan fingerprint density at radius 2 is 2.36 bits per heavy atom. The van der Waals surface area contributed by atoms with Crippen molar-refractivity contribution < 1.29 is 4.79 Å². The van der Waals surface area contributed by atoms with E-state index in [1.165, 1.54) is 0 Å². The molecule has 0 fully saturated rings. The van der Waals surface area contributed by atoms with Gasteiger partial charge >= 0.3 is 0 Å². The number of carbonyl (C=O) groups is 1. The van der Waals surface area contributed by atoms with E-state index in [0.717, 1.165) is 24.8 Å². The summed E-state index contributed by atoms with van der Waals surface area (Å²) in [5, 5.41) is 8.30. The Bertz CT molecular complexity index is 222. The molecule has 1 aliphatic rings. The van der Waals surface area contributed by atoms with Crippen molar-refractivity contribution in [2.45, 2.75) is 32.1 Å². The zero-order valence-electron chi connectivity index (χ0n) is 6.47. The topological polar surface area (TPSA) is 40.9 Å². The summed E-state index contributed by atoms with van der Waals surface area (Å²) in [6.45, 7) is 0. The van der Waals surface area contributed by atoms with E-state index in [9.17, 15) is 4.79 Å². The number of nitriles is 1. The fourth-order valence-electron chi connectivity index (χ4n) is 1.28. The van der Waals surface area contributed by atoms with E-state index in [1.54, 1.807) is 6.08 Å². The van der Waals surface area contributed by atoms with Crippen molar-refractivity contribution in [1.82, 2.24) is 0 Å². The summed E-state index contributed by atoms with van der Waals surface area (Å²) in [7, 11) is 0. The Morgan fingerprint density at radius 1 is 1.55 bits per heavy atom. The van der Waals surface area contributed by atoms with Crippen LogP contribution in [0.2, 0.25) is 0 Å². The molecule has 0 N–H and O–H groups in total. The van der Waals surface area contributed by atoms with Crippen LogP contribution < -0.4 is 0 Å². The van der Waals surface area contributed by atoms with Crippen LogP contribution in [0.3, 0.4) is 0 Å². The number of carbonyl (C=O) groups excluding carboxylic acids is 1. The molecule has 2 nitrogen and oxygen atoms in total. The first-order chi connectivity index (χ1) is 5.33. The molecule has 0 aliphatic heterocycles. The number of allylic oxidation sites excluding steroid dienone is 2. The molecular formula is C9H11NO. The smallest absolute Gasteiger partial charge is 0.155 e. The lowest BCUT2D eigenvalue weighted by Crippen LogP contribution is -2.02. The van der Waals surface area contributed by atoms with Crippen LogP contribution in [-0.4, -0.2) is 5.78 Å². The molecule has 0 aromatic carbocycles. The van der Waals surface area contributed by atoms with Gasteiger partial charge in [-0.1, -0.05) is 5.57 Å². The minimum absolute atomic E-state index is 0.226. The van der Waals surface area contributed by atoms with Crippen LogP contribution in [0, 0.1) is 11.3 Å². The molecule has 0 atom stereocenters. The Balaban J connectivity index is 2.44. The summed E-state index contributed by atoms with van der Waals surface area (Å²) in [4.78, 5) is 10.9. The molecule has 2 heteroatoms. The van der Waals surface area contributed by atoms with Gasteiger partial charge in [-0.2, -0.15) is 5.26 Å². The third kappa shape index (κ3) is 2.55. The highest BCUT2D eigenvalue weighted by atomic mass is 16.1. The molecule has 0 amide bonds. The van der Waals surface area contributed by atoms with Crippen LogP contribution in [0.5, 0.6) is 0 Å². The predicted molar refractivity (Wildman–Crippen MR) is 41.8 cm³/mol. The van der Waals surface area contributed by atoms with Crippen molar-refractivity contribution in [3.05, 3.63) is 11.6 Å². The third-order valence-corrected chi connectivity index (χ3v) is 1.84. The fourth-order valence-corrected chi connectivity index (χ4v) is 1.28. The summed E-state index contributed by atoms with van der Waals surface area (Å²) in [6.07, 6.45) is 5.70. The van der Waals surface area contributed by atoms with Crippen molar-refractivity contribution in [3.8, 4) is 6.07 Å². The first kappa shape index (κ1) is 8.00. The molecule has 0 aromatic heterocycles. The van der Waals surface area contributed by atoms with Crippen LogP contribution in [0.4, 0.5) is 0 Å². The highest BCUT2D eigenvalue weighted by Gasteiger charge is 2.08. The largest absolute Gasteiger partial charge is 0.295 e. The molecule has 0 heterocycles. The van der Waals surface area contributed by atoms with Gasteiger partial charge in [-0.05, 0) is 25.3 Å². The standard InChI is InChI=1S/C9H11NO/c10-6-2-4-8-3-1-5-9(11)7-8/h7H,1-5H2. The lowest BCUT2D eigenvalue weighted by molar-refractivity contribution is -0.115. The maximum atomic E-state index is 10.9. The van der Waals surface area contributed by atoms with Gasteiger partial charge in [0.15, 0.2) is 5.78 Å². The number of hydrogen-bond acceptors (Lipinski definition) is 2. The van der Waals surface area contributed by atoms with Gasteiger partial charge in [0.1, 0.15) is 0 Å². The van der Waals surface area contributed by atoms with Crippen molar-refractivity contribution in [1.29, 1.82) is 5.26 Å². The number of rotatable bonds is 2. The van der Waals surface area contributed by atoms with Gasteiger partial charge in [0, 0.05) is 12.8 Å². The molecule has 0 aromatic rings. The molecule has 0 saturated carbocycles. The fraction of sp³-hybridized carbons (Fsp3) is 0.556. The molecule has 0 spiro atoms. The summed E-state index contributed by atoms with van der Waals surface area (Å²) in [5.41, 5.74) is 1.16. The molecule has 0 unspecified atom stereocenters. The van der Waals surface area contributed by atoms with Crippen molar-refractivity contribution in [2.75, 3.05) is 0 Å². The molecule has 58 valence electrons. The van der Waals surface area contributed by atoms with E-state index in [0.29, 0.717) is 12.8 Å². The molecular weight excluding hydrogens is 138 g/mol. The SMILES string of the molecule is N#CCCC1=CC(=O)CCC1. The molecule has 0 radical (unpaired) electrons. The molecule has 11 heavy (non-hydrogen) atoms. The second-order valence-electron chi connectivity index (χ2n) is 2.78. The lowest BCUT2D eigenvalue weighted by atomic mass is 9.96. The first-order valence-electron chi connectivity index (χ1n) is 3.92. The van der Waals surface area contributed by atoms with E-state index in [-0.39, 0.29) is 5.78 Å². The van der Waals surface area contributed by atoms with Gasteiger partial charge in [-0.25, -0.2) is 0 Å². The minimum Gasteiger partial charge on any atom is -0.295 e. The lowest BCUT2D eigenvalue weighted by Gasteiger charge is -2.09. The molecule has 0 saturated heterocycles. The first-order valence-corrected chi connectivity index (χ1v) is 3.92. The van der Waals surface area contributed by atoms with E-state index in [2.05, 4.69) is 6.07 Å². The van der Waals surface area contributed by atoms with E-state index in [1.807, 2.05) is 0 Å². The normalized spacial score (nSPS) is 17.4. The van der Waals surface area contributed by atoms with Crippen LogP contribution in [0.15, 0.2) is 11.6 Å². The summed E-state index contributed by atoms with van der Waals surface area (Å²) in [5.74, 6) is 0.226. The summed E-state index contributed by atoms with van der Waals surface area (Å²) in [6, 6.07) is 2.08. The zero-order valence-corrected chi connectivity index (χ0v) is 6.47. The van der Waals surface area contributed by atoms with Gasteiger partial charge in [0.25, 0.3) is 0 Å². The maximum absolute atomic E-state index is 10.9. The molecule has 1 rings (SSSR count). The Morgan fingerprint density at radius 3 is 3.00 bits per heavy atom. The van der Waals surface area contributed by atoms with Crippen LogP contribution in [0.25, 0.3) is 0 Å². The monoisotopic (exact) mass is 149 g/mol. The average molecular weight is 149 g/mol. The van der Waals surface area contributed by atoms with Crippen LogP contribution >= 0.6 is 0 Å². The van der Waals surface area contributed by atoms with E-state index >= 15 is 0 Å². The third-order valence-electron chi connectivity index (χ3n) is 1.84. The Labute approximate surface area is 66.5 Å². The van der Waals surface area contributed by atoms with E-state index in [4.69, 9.17) is 5.26 Å².